The van der Waals surface area contributed by atoms with Crippen molar-refractivity contribution in [1.82, 2.24) is 14.8 Å². The number of ether oxygens (including phenoxy) is 1. The molecule has 0 aliphatic heterocycles. The van der Waals surface area contributed by atoms with Gasteiger partial charge >= 0.3 is 0 Å². The number of aromatic nitrogens is 3. The van der Waals surface area contributed by atoms with Crippen molar-refractivity contribution in [3.05, 3.63) is 59.7 Å². The molecule has 0 radical (unpaired) electrons. The number of hydrogen-bond acceptors (Lipinski definition) is 4. The Balaban J connectivity index is 1.84. The van der Waals surface area contributed by atoms with Crippen molar-refractivity contribution < 1.29 is 4.74 Å². The molecule has 4 nitrogen and oxygen atoms in total. The maximum absolute atomic E-state index is 5.46. The molecule has 5 heteroatoms. The van der Waals surface area contributed by atoms with Gasteiger partial charge in [-0.15, -0.1) is 10.2 Å². The average molecular weight is 339 g/mol. The van der Waals surface area contributed by atoms with Crippen LogP contribution in [-0.2, 0) is 12.3 Å². The molecule has 0 aliphatic rings. The Bertz CT molecular complexity index is 815. The normalized spacial score (nSPS) is 10.8. The van der Waals surface area contributed by atoms with Gasteiger partial charge in [-0.1, -0.05) is 59.8 Å². The van der Waals surface area contributed by atoms with Crippen LogP contribution in [0.3, 0.4) is 0 Å². The number of nitrogens with zero attached hydrogens (tertiary/aromatic N) is 3. The minimum absolute atomic E-state index is 0.803. The van der Waals surface area contributed by atoms with E-state index in [2.05, 4.69) is 52.9 Å². The van der Waals surface area contributed by atoms with Crippen LogP contribution in [0.4, 0.5) is 0 Å². The summed E-state index contributed by atoms with van der Waals surface area (Å²) in [6.07, 6.45) is 0. The third-order valence-electron chi connectivity index (χ3n) is 3.86. The Kier molecular flexibility index (Phi) is 5.20. The first-order chi connectivity index (χ1) is 11.7. The smallest absolute Gasteiger partial charge is 0.191 e. The van der Waals surface area contributed by atoms with Crippen LogP contribution >= 0.6 is 11.8 Å². The quantitative estimate of drug-likeness (QED) is 0.617. The van der Waals surface area contributed by atoms with Gasteiger partial charge in [0.25, 0.3) is 0 Å². The highest BCUT2D eigenvalue weighted by molar-refractivity contribution is 7.98. The zero-order valence-corrected chi connectivity index (χ0v) is 15.0. The molecule has 124 valence electrons. The van der Waals surface area contributed by atoms with E-state index in [1.54, 1.807) is 18.9 Å². The summed E-state index contributed by atoms with van der Waals surface area (Å²) in [5.74, 6) is 2.63. The Morgan fingerprint density at radius 1 is 1.08 bits per heavy atom. The second-order valence-electron chi connectivity index (χ2n) is 5.52. The average Bonchev–Trinajstić information content (AvgIpc) is 3.03. The minimum Gasteiger partial charge on any atom is -0.496 e. The lowest BCUT2D eigenvalue weighted by Crippen LogP contribution is -2.00. The molecule has 0 saturated heterocycles. The summed E-state index contributed by atoms with van der Waals surface area (Å²) < 4.78 is 7.62. The van der Waals surface area contributed by atoms with E-state index < -0.39 is 0 Å². The molecule has 2 aromatic carbocycles. The van der Waals surface area contributed by atoms with Crippen molar-refractivity contribution in [2.75, 3.05) is 7.11 Å². The first-order valence-corrected chi connectivity index (χ1v) is 8.96. The first kappa shape index (κ1) is 16.6. The number of methoxy groups -OCH3 is 1. The molecule has 0 aliphatic carbocycles. The molecule has 0 atom stereocenters. The van der Waals surface area contributed by atoms with Gasteiger partial charge in [0.05, 0.1) is 7.11 Å². The van der Waals surface area contributed by atoms with Gasteiger partial charge in [0.2, 0.25) is 0 Å². The second kappa shape index (κ2) is 7.53. The van der Waals surface area contributed by atoms with Crippen LogP contribution in [0.15, 0.2) is 53.7 Å². The molecular formula is C19H21N3OS. The number of aryl methyl sites for hydroxylation is 1. The van der Waals surface area contributed by atoms with Crippen LogP contribution in [0.25, 0.3) is 11.4 Å². The second-order valence-corrected chi connectivity index (χ2v) is 6.46. The van der Waals surface area contributed by atoms with Crippen molar-refractivity contribution in [3.63, 3.8) is 0 Å². The van der Waals surface area contributed by atoms with Gasteiger partial charge in [-0.3, -0.25) is 0 Å². The number of rotatable bonds is 6. The van der Waals surface area contributed by atoms with Gasteiger partial charge in [-0.25, -0.2) is 0 Å². The van der Waals surface area contributed by atoms with E-state index in [1.807, 2.05) is 24.3 Å². The van der Waals surface area contributed by atoms with E-state index in [4.69, 9.17) is 4.74 Å². The summed E-state index contributed by atoms with van der Waals surface area (Å²) in [6.45, 7) is 5.05. The minimum atomic E-state index is 0.803. The number of thioether (sulfide) groups is 1. The van der Waals surface area contributed by atoms with Crippen LogP contribution in [-0.4, -0.2) is 21.9 Å². The Labute approximate surface area is 146 Å². The summed E-state index contributed by atoms with van der Waals surface area (Å²) in [6, 6.07) is 16.4. The summed E-state index contributed by atoms with van der Waals surface area (Å²) in [4.78, 5) is 0. The van der Waals surface area contributed by atoms with Crippen molar-refractivity contribution in [3.8, 4) is 17.1 Å². The van der Waals surface area contributed by atoms with E-state index >= 15 is 0 Å². The molecule has 0 fully saturated rings. The van der Waals surface area contributed by atoms with Gasteiger partial charge in [-0.2, -0.15) is 0 Å². The molecule has 0 bridgehead atoms. The first-order valence-electron chi connectivity index (χ1n) is 7.98. The predicted octanol–water partition coefficient (Wildman–Crippen LogP) is 4.57. The molecule has 1 heterocycles. The van der Waals surface area contributed by atoms with Gasteiger partial charge in [-0.05, 0) is 19.9 Å². The maximum Gasteiger partial charge on any atom is 0.191 e. The van der Waals surface area contributed by atoms with E-state index in [0.29, 0.717) is 0 Å². The molecule has 1 aromatic heterocycles. The highest BCUT2D eigenvalue weighted by atomic mass is 32.2. The molecule has 0 unspecified atom stereocenters. The lowest BCUT2D eigenvalue weighted by atomic mass is 10.1. The third kappa shape index (κ3) is 3.46. The largest absolute Gasteiger partial charge is 0.496 e. The van der Waals surface area contributed by atoms with Crippen molar-refractivity contribution in [2.45, 2.75) is 31.3 Å². The zero-order chi connectivity index (χ0) is 16.9. The number of hydrogen-bond donors (Lipinski definition) is 0. The summed E-state index contributed by atoms with van der Waals surface area (Å²) in [5.41, 5.74) is 3.49. The molecule has 0 N–H and O–H groups in total. The summed E-state index contributed by atoms with van der Waals surface area (Å²) in [5, 5.41) is 9.71. The highest BCUT2D eigenvalue weighted by Crippen LogP contribution is 2.30. The lowest BCUT2D eigenvalue weighted by molar-refractivity contribution is 0.411. The standard InChI is InChI=1S/C19H21N3OS/c1-4-22-18(15-8-6-5-7-9-15)20-21-19(22)24-13-16-12-14(2)10-11-17(16)23-3/h5-12H,4,13H2,1-3H3. The van der Waals surface area contributed by atoms with Crippen molar-refractivity contribution >= 4 is 11.8 Å². The Morgan fingerprint density at radius 2 is 1.88 bits per heavy atom. The fourth-order valence-electron chi connectivity index (χ4n) is 2.64. The molecule has 0 spiro atoms. The third-order valence-corrected chi connectivity index (χ3v) is 4.87. The van der Waals surface area contributed by atoms with Crippen LogP contribution < -0.4 is 4.74 Å². The van der Waals surface area contributed by atoms with Crippen LogP contribution in [0, 0.1) is 6.92 Å². The molecular weight excluding hydrogens is 318 g/mol. The summed E-state index contributed by atoms with van der Waals surface area (Å²) in [7, 11) is 1.71. The summed E-state index contributed by atoms with van der Waals surface area (Å²) >= 11 is 1.69. The van der Waals surface area contributed by atoms with E-state index in [-0.39, 0.29) is 0 Å². The highest BCUT2D eigenvalue weighted by Gasteiger charge is 2.14. The van der Waals surface area contributed by atoms with Crippen LogP contribution in [0.2, 0.25) is 0 Å². The van der Waals surface area contributed by atoms with E-state index in [1.165, 1.54) is 11.1 Å². The zero-order valence-electron chi connectivity index (χ0n) is 14.2. The lowest BCUT2D eigenvalue weighted by Gasteiger charge is -2.10. The SMILES string of the molecule is CCn1c(SCc2cc(C)ccc2OC)nnc1-c1ccccc1. The fraction of sp³-hybridized carbons (Fsp3) is 0.263. The number of benzene rings is 2. The van der Waals surface area contributed by atoms with Gasteiger partial charge < -0.3 is 9.30 Å². The fourth-order valence-corrected chi connectivity index (χ4v) is 3.62. The van der Waals surface area contributed by atoms with Crippen molar-refractivity contribution in [1.29, 1.82) is 0 Å². The Hall–Kier alpha value is -2.27. The predicted molar refractivity (Wildman–Crippen MR) is 98.4 cm³/mol. The monoisotopic (exact) mass is 339 g/mol. The van der Waals surface area contributed by atoms with Gasteiger partial charge in [0.1, 0.15) is 5.75 Å². The van der Waals surface area contributed by atoms with E-state index in [0.717, 1.165) is 34.6 Å². The molecule has 3 rings (SSSR count). The van der Waals surface area contributed by atoms with E-state index in [9.17, 15) is 0 Å². The molecule has 0 amide bonds. The Morgan fingerprint density at radius 3 is 2.58 bits per heavy atom. The molecule has 0 saturated carbocycles. The van der Waals surface area contributed by atoms with Crippen molar-refractivity contribution in [2.24, 2.45) is 0 Å². The van der Waals surface area contributed by atoms with Crippen LogP contribution in [0.5, 0.6) is 5.75 Å². The maximum atomic E-state index is 5.46. The van der Waals surface area contributed by atoms with Gasteiger partial charge in [0.15, 0.2) is 11.0 Å². The van der Waals surface area contributed by atoms with Gasteiger partial charge in [0, 0.05) is 23.4 Å². The molecule has 24 heavy (non-hydrogen) atoms. The topological polar surface area (TPSA) is 39.9 Å². The molecule has 3 aromatic rings. The van der Waals surface area contributed by atoms with Crippen LogP contribution in [0.1, 0.15) is 18.1 Å².